The van der Waals surface area contributed by atoms with E-state index in [1.54, 1.807) is 55.6 Å². The van der Waals surface area contributed by atoms with Crippen molar-refractivity contribution < 1.29 is 12.8 Å². The van der Waals surface area contributed by atoms with Crippen LogP contribution in [0.25, 0.3) is 22.0 Å². The number of aromatic nitrogens is 3. The maximum atomic E-state index is 13.3. The van der Waals surface area contributed by atoms with Gasteiger partial charge in [-0.05, 0) is 55.0 Å². The molecular weight excluding hydrogens is 513 g/mol. The number of halogens is 2. The highest BCUT2D eigenvalue weighted by Gasteiger charge is 2.19. The topological polar surface area (TPSA) is 96.9 Å². The predicted octanol–water partition coefficient (Wildman–Crippen LogP) is 5.78. The molecule has 10 heteroatoms. The van der Waals surface area contributed by atoms with Gasteiger partial charge < -0.3 is 5.32 Å². The van der Waals surface area contributed by atoms with Crippen LogP contribution in [0, 0.1) is 12.7 Å². The fourth-order valence-corrected chi connectivity index (χ4v) is 5.13. The molecule has 0 aliphatic heterocycles. The van der Waals surface area contributed by atoms with Gasteiger partial charge in [0.2, 0.25) is 10.0 Å². The van der Waals surface area contributed by atoms with Crippen LogP contribution < -0.4 is 10.0 Å². The van der Waals surface area contributed by atoms with E-state index < -0.39 is 10.0 Å². The van der Waals surface area contributed by atoms with Crippen LogP contribution in [0.15, 0.2) is 96.0 Å². The highest BCUT2D eigenvalue weighted by molar-refractivity contribution is 7.89. The summed E-state index contributed by atoms with van der Waals surface area (Å²) in [5.41, 5.74) is 3.08. The van der Waals surface area contributed by atoms with Gasteiger partial charge in [0.1, 0.15) is 11.5 Å². The number of rotatable bonds is 7. The van der Waals surface area contributed by atoms with E-state index in [1.807, 2.05) is 30.3 Å². The highest BCUT2D eigenvalue weighted by atomic mass is 35.5. The van der Waals surface area contributed by atoms with E-state index in [9.17, 15) is 12.8 Å². The second kappa shape index (κ2) is 11.0. The first-order valence-electron chi connectivity index (χ1n) is 11.2. The van der Waals surface area contributed by atoms with E-state index in [1.165, 1.54) is 12.1 Å². The fraction of sp³-hybridized carbons (Fsp3) is 0.0741. The van der Waals surface area contributed by atoms with Crippen molar-refractivity contribution in [3.63, 3.8) is 0 Å². The lowest BCUT2D eigenvalue weighted by Gasteiger charge is -2.13. The predicted molar refractivity (Wildman–Crippen MR) is 145 cm³/mol. The van der Waals surface area contributed by atoms with E-state index >= 15 is 0 Å². The molecule has 5 rings (SSSR count). The van der Waals surface area contributed by atoms with Crippen molar-refractivity contribution in [2.75, 3.05) is 5.32 Å². The summed E-state index contributed by atoms with van der Waals surface area (Å²) in [6.07, 6.45) is 1.62. The number of aryl methyl sites for hydroxylation is 1. The Morgan fingerprint density at radius 2 is 1.59 bits per heavy atom. The zero-order valence-electron chi connectivity index (χ0n) is 19.7. The normalized spacial score (nSPS) is 11.2. The molecule has 0 saturated heterocycles. The van der Waals surface area contributed by atoms with Gasteiger partial charge in [0, 0.05) is 28.2 Å². The number of nitrogens with one attached hydrogen (secondary N) is 2. The van der Waals surface area contributed by atoms with Crippen molar-refractivity contribution in [2.24, 2.45) is 0 Å². The summed E-state index contributed by atoms with van der Waals surface area (Å²) in [6, 6.07) is 24.1. The molecule has 2 aromatic heterocycles. The van der Waals surface area contributed by atoms with Gasteiger partial charge in [0.05, 0.1) is 17.1 Å². The first-order valence-corrected chi connectivity index (χ1v) is 12.7. The lowest BCUT2D eigenvalue weighted by Crippen LogP contribution is -2.24. The number of fused-ring (bicyclic) bond motifs is 1. The third-order valence-electron chi connectivity index (χ3n) is 5.71. The average Bonchev–Trinajstić information content (AvgIpc) is 2.90. The number of hydrogen-bond acceptors (Lipinski definition) is 6. The molecule has 0 atom stereocenters. The third-order valence-corrected chi connectivity index (χ3v) is 7.26. The van der Waals surface area contributed by atoms with Crippen molar-refractivity contribution in [1.29, 1.82) is 0 Å². The molecule has 3 aromatic carbocycles. The zero-order valence-corrected chi connectivity index (χ0v) is 21.4. The molecule has 0 aliphatic rings. The third kappa shape index (κ3) is 5.75. The Morgan fingerprint density at radius 3 is 2.32 bits per heavy atom. The van der Waals surface area contributed by atoms with Crippen molar-refractivity contribution in [3.05, 3.63) is 108 Å². The molecule has 5 aromatic rings. The quantitative estimate of drug-likeness (QED) is 0.274. The average molecular weight is 536 g/mol. The summed E-state index contributed by atoms with van der Waals surface area (Å²) in [4.78, 5) is 4.33. The molecule has 0 aliphatic carbocycles. The zero-order chi connectivity index (χ0) is 25.1. The maximum absolute atomic E-state index is 13.3. The summed E-state index contributed by atoms with van der Waals surface area (Å²) in [6.45, 7) is 1.83. The Kier molecular flexibility index (Phi) is 7.77. The SMILES string of the molecule is Cc1ccc(-c2nnc(Nc3ccc(F)cc3)c3ccccc23)cc1S(=O)(=O)NCc1ccccn1.Cl. The van der Waals surface area contributed by atoms with Crippen molar-refractivity contribution in [2.45, 2.75) is 18.4 Å². The molecule has 2 N–H and O–H groups in total. The van der Waals surface area contributed by atoms with Crippen LogP contribution in [0.4, 0.5) is 15.9 Å². The summed E-state index contributed by atoms with van der Waals surface area (Å²) < 4.78 is 42.2. The van der Waals surface area contributed by atoms with Gasteiger partial charge in [-0.25, -0.2) is 17.5 Å². The molecule has 7 nitrogen and oxygen atoms in total. The van der Waals surface area contributed by atoms with Gasteiger partial charge in [0.25, 0.3) is 0 Å². The highest BCUT2D eigenvalue weighted by Crippen LogP contribution is 2.32. The van der Waals surface area contributed by atoms with Crippen LogP contribution in [0.1, 0.15) is 11.3 Å². The molecular formula is C27H23ClFN5O2S. The van der Waals surface area contributed by atoms with Gasteiger partial charge in [-0.1, -0.05) is 42.5 Å². The summed E-state index contributed by atoms with van der Waals surface area (Å²) in [5.74, 6) is 0.185. The molecule has 0 spiro atoms. The largest absolute Gasteiger partial charge is 0.338 e. The van der Waals surface area contributed by atoms with E-state index in [0.717, 1.165) is 10.8 Å². The smallest absolute Gasteiger partial charge is 0.241 e. The van der Waals surface area contributed by atoms with Crippen molar-refractivity contribution in [3.8, 4) is 11.3 Å². The lowest BCUT2D eigenvalue weighted by atomic mass is 10.0. The first-order chi connectivity index (χ1) is 17.4. The molecule has 188 valence electrons. The van der Waals surface area contributed by atoms with Crippen LogP contribution in [-0.4, -0.2) is 23.6 Å². The standard InChI is InChI=1S/C27H22FN5O2S.ClH/c1-18-9-10-19(16-25(18)36(34,35)30-17-22-6-4-5-15-29-22)26-23-7-2-3-8-24(23)27(33-32-26)31-21-13-11-20(28)12-14-21;/h2-16,30H,17H2,1H3,(H,31,33);1H. The van der Waals surface area contributed by atoms with Gasteiger partial charge >= 0.3 is 0 Å². The van der Waals surface area contributed by atoms with E-state index in [0.29, 0.717) is 34.0 Å². The van der Waals surface area contributed by atoms with E-state index in [-0.39, 0.29) is 29.7 Å². The molecule has 37 heavy (non-hydrogen) atoms. The van der Waals surface area contributed by atoms with Gasteiger partial charge in [-0.3, -0.25) is 4.98 Å². The summed E-state index contributed by atoms with van der Waals surface area (Å²) >= 11 is 0. The maximum Gasteiger partial charge on any atom is 0.241 e. The molecule has 0 amide bonds. The van der Waals surface area contributed by atoms with Crippen LogP contribution in [0.2, 0.25) is 0 Å². The van der Waals surface area contributed by atoms with Crippen LogP contribution in [-0.2, 0) is 16.6 Å². The lowest BCUT2D eigenvalue weighted by molar-refractivity contribution is 0.580. The first kappa shape index (κ1) is 26.2. The molecule has 0 bridgehead atoms. The van der Waals surface area contributed by atoms with Crippen LogP contribution >= 0.6 is 12.4 Å². The van der Waals surface area contributed by atoms with E-state index in [2.05, 4.69) is 25.2 Å². The Bertz CT molecular complexity index is 1650. The second-order valence-electron chi connectivity index (χ2n) is 8.20. The summed E-state index contributed by atoms with van der Waals surface area (Å²) in [5, 5.41) is 13.6. The fourth-order valence-electron chi connectivity index (χ4n) is 3.87. The minimum Gasteiger partial charge on any atom is -0.338 e. The number of nitrogens with zero attached hydrogens (tertiary/aromatic N) is 3. The number of anilines is 2. The van der Waals surface area contributed by atoms with Crippen LogP contribution in [0.5, 0.6) is 0 Å². The molecule has 2 heterocycles. The molecule has 0 unspecified atom stereocenters. The van der Waals surface area contributed by atoms with Gasteiger partial charge in [0.15, 0.2) is 5.82 Å². The van der Waals surface area contributed by atoms with Crippen LogP contribution in [0.3, 0.4) is 0 Å². The monoisotopic (exact) mass is 535 g/mol. The molecule has 0 radical (unpaired) electrons. The van der Waals surface area contributed by atoms with Crippen molar-refractivity contribution in [1.82, 2.24) is 19.9 Å². The Balaban J connectivity index is 0.00000320. The minimum absolute atomic E-state index is 0. The number of sulfonamides is 1. The second-order valence-corrected chi connectivity index (χ2v) is 9.94. The number of benzene rings is 3. The van der Waals surface area contributed by atoms with Gasteiger partial charge in [-0.2, -0.15) is 0 Å². The molecule has 0 fully saturated rings. The van der Waals surface area contributed by atoms with Gasteiger partial charge in [-0.15, -0.1) is 22.6 Å². The number of pyridine rings is 1. The minimum atomic E-state index is -3.81. The van der Waals surface area contributed by atoms with Crippen molar-refractivity contribution >= 4 is 44.7 Å². The Labute approximate surface area is 220 Å². The molecule has 0 saturated carbocycles. The van der Waals surface area contributed by atoms with E-state index in [4.69, 9.17) is 0 Å². The summed E-state index contributed by atoms with van der Waals surface area (Å²) in [7, 11) is -3.81. The number of hydrogen-bond donors (Lipinski definition) is 2. The Hall–Kier alpha value is -3.92. The Morgan fingerprint density at radius 1 is 0.865 bits per heavy atom.